The van der Waals surface area contributed by atoms with Gasteiger partial charge in [-0.2, -0.15) is 4.31 Å². The fraction of sp³-hybridized carbons (Fsp3) is 0.909. The Labute approximate surface area is 109 Å². The summed E-state index contributed by atoms with van der Waals surface area (Å²) < 4.78 is 30.3. The Bertz CT molecular complexity index is 339. The Kier molecular flexibility index (Phi) is 8.13. The molecule has 0 amide bonds. The van der Waals surface area contributed by atoms with Crippen LogP contribution in [0, 0.1) is 5.92 Å². The van der Waals surface area contributed by atoms with Gasteiger partial charge in [0, 0.05) is 26.6 Å². The van der Waals surface area contributed by atoms with Crippen LogP contribution >= 0.6 is 0 Å². The van der Waals surface area contributed by atoms with Crippen LogP contribution in [0.5, 0.6) is 0 Å². The van der Waals surface area contributed by atoms with E-state index in [0.29, 0.717) is 19.7 Å². The number of carboxylic acids is 1. The first kappa shape index (κ1) is 17.3. The largest absolute Gasteiger partial charge is 0.481 e. The second-order valence-electron chi connectivity index (χ2n) is 4.56. The van der Waals surface area contributed by atoms with Crippen molar-refractivity contribution in [1.29, 1.82) is 0 Å². The lowest BCUT2D eigenvalue weighted by molar-refractivity contribution is -0.137. The average Bonchev–Trinajstić information content (AvgIpc) is 2.22. The highest BCUT2D eigenvalue weighted by molar-refractivity contribution is 7.89. The molecule has 0 heterocycles. The molecule has 0 aromatic carbocycles. The Morgan fingerprint density at radius 2 is 2.00 bits per heavy atom. The monoisotopic (exact) mass is 281 g/mol. The van der Waals surface area contributed by atoms with E-state index >= 15 is 0 Å². The van der Waals surface area contributed by atoms with Crippen molar-refractivity contribution in [2.24, 2.45) is 5.92 Å². The maximum atomic E-state index is 12.0. The molecule has 7 heteroatoms. The minimum Gasteiger partial charge on any atom is -0.481 e. The van der Waals surface area contributed by atoms with Crippen molar-refractivity contribution >= 4 is 16.0 Å². The van der Waals surface area contributed by atoms with E-state index < -0.39 is 16.0 Å². The van der Waals surface area contributed by atoms with Gasteiger partial charge in [-0.1, -0.05) is 13.8 Å². The number of carboxylic acid groups (broad SMARTS) is 1. The van der Waals surface area contributed by atoms with Crippen molar-refractivity contribution in [2.45, 2.75) is 26.7 Å². The van der Waals surface area contributed by atoms with Gasteiger partial charge < -0.3 is 9.84 Å². The molecule has 0 aliphatic carbocycles. The van der Waals surface area contributed by atoms with Crippen LogP contribution in [0.4, 0.5) is 0 Å². The molecule has 0 saturated carbocycles. The highest BCUT2D eigenvalue weighted by Crippen LogP contribution is 2.08. The molecule has 0 rings (SSSR count). The molecule has 1 N–H and O–H groups in total. The van der Waals surface area contributed by atoms with E-state index in [1.807, 2.05) is 13.8 Å². The zero-order valence-electron chi connectivity index (χ0n) is 11.3. The van der Waals surface area contributed by atoms with Gasteiger partial charge in [-0.3, -0.25) is 4.79 Å². The zero-order chi connectivity index (χ0) is 14.2. The lowest BCUT2D eigenvalue weighted by Gasteiger charge is -2.23. The summed E-state index contributed by atoms with van der Waals surface area (Å²) in [5.74, 6) is -0.885. The lowest BCUT2D eigenvalue weighted by atomic mass is 10.2. The Morgan fingerprint density at radius 3 is 2.44 bits per heavy atom. The van der Waals surface area contributed by atoms with Crippen LogP contribution in [0.2, 0.25) is 0 Å². The maximum absolute atomic E-state index is 12.0. The normalized spacial score (nSPS) is 12.3. The highest BCUT2D eigenvalue weighted by atomic mass is 32.2. The van der Waals surface area contributed by atoms with E-state index in [4.69, 9.17) is 9.84 Å². The summed E-state index contributed by atoms with van der Waals surface area (Å²) >= 11 is 0. The zero-order valence-corrected chi connectivity index (χ0v) is 12.1. The van der Waals surface area contributed by atoms with Gasteiger partial charge in [0.05, 0.1) is 12.4 Å². The standard InChI is InChI=1S/C11H23NO5S/c1-10(2)9-12(6-7-17-3)18(15,16)8-4-5-11(13)14/h10H,4-9H2,1-3H3,(H,13,14). The molecular weight excluding hydrogens is 258 g/mol. The second-order valence-corrected chi connectivity index (χ2v) is 6.65. The molecule has 0 aliphatic rings. The van der Waals surface area contributed by atoms with Gasteiger partial charge in [-0.25, -0.2) is 8.42 Å². The second kappa shape index (κ2) is 8.44. The SMILES string of the molecule is COCCN(CC(C)C)S(=O)(=O)CCCC(=O)O. The van der Waals surface area contributed by atoms with Crippen LogP contribution < -0.4 is 0 Å². The number of rotatable bonds is 10. The molecule has 0 saturated heterocycles. The number of methoxy groups -OCH3 is 1. The third kappa shape index (κ3) is 7.62. The fourth-order valence-corrected chi connectivity index (χ4v) is 3.12. The number of ether oxygens (including phenoxy) is 1. The minimum atomic E-state index is -3.40. The smallest absolute Gasteiger partial charge is 0.303 e. The number of hydrogen-bond acceptors (Lipinski definition) is 4. The molecular formula is C11H23NO5S. The number of sulfonamides is 1. The molecule has 108 valence electrons. The van der Waals surface area contributed by atoms with Crippen LogP contribution in [0.1, 0.15) is 26.7 Å². The van der Waals surface area contributed by atoms with Crippen molar-refractivity contribution in [3.05, 3.63) is 0 Å². The number of aliphatic carboxylic acids is 1. The Hall–Kier alpha value is -0.660. The molecule has 0 radical (unpaired) electrons. The van der Waals surface area contributed by atoms with E-state index in [0.717, 1.165) is 0 Å². The van der Waals surface area contributed by atoms with Crippen molar-refractivity contribution in [1.82, 2.24) is 4.31 Å². The van der Waals surface area contributed by atoms with E-state index in [1.165, 1.54) is 11.4 Å². The molecule has 0 aliphatic heterocycles. The maximum Gasteiger partial charge on any atom is 0.303 e. The molecule has 0 atom stereocenters. The number of carbonyl (C=O) groups is 1. The predicted molar refractivity (Wildman–Crippen MR) is 68.9 cm³/mol. The molecule has 0 bridgehead atoms. The summed E-state index contributed by atoms with van der Waals surface area (Å²) in [5, 5.41) is 8.51. The Balaban J connectivity index is 4.48. The van der Waals surface area contributed by atoms with Crippen LogP contribution in [0.25, 0.3) is 0 Å². The van der Waals surface area contributed by atoms with E-state index in [2.05, 4.69) is 0 Å². The highest BCUT2D eigenvalue weighted by Gasteiger charge is 2.22. The predicted octanol–water partition coefficient (Wildman–Crippen LogP) is 0.785. The van der Waals surface area contributed by atoms with Gasteiger partial charge in [0.25, 0.3) is 0 Å². The lowest BCUT2D eigenvalue weighted by Crippen LogP contribution is -2.38. The van der Waals surface area contributed by atoms with E-state index in [1.54, 1.807) is 0 Å². The van der Waals surface area contributed by atoms with Gasteiger partial charge >= 0.3 is 5.97 Å². The van der Waals surface area contributed by atoms with Crippen LogP contribution in [0.15, 0.2) is 0 Å². The van der Waals surface area contributed by atoms with Gasteiger partial charge in [0.15, 0.2) is 0 Å². The summed E-state index contributed by atoms with van der Waals surface area (Å²) in [7, 11) is -1.88. The summed E-state index contributed by atoms with van der Waals surface area (Å²) in [5.41, 5.74) is 0. The molecule has 0 unspecified atom stereocenters. The summed E-state index contributed by atoms with van der Waals surface area (Å²) in [6, 6.07) is 0. The van der Waals surface area contributed by atoms with Gasteiger partial charge in [0.1, 0.15) is 0 Å². The van der Waals surface area contributed by atoms with Gasteiger partial charge in [-0.15, -0.1) is 0 Å². The van der Waals surface area contributed by atoms with E-state index in [9.17, 15) is 13.2 Å². The molecule has 6 nitrogen and oxygen atoms in total. The average molecular weight is 281 g/mol. The summed E-state index contributed by atoms with van der Waals surface area (Å²) in [6.07, 6.45) is 0.0122. The summed E-state index contributed by atoms with van der Waals surface area (Å²) in [4.78, 5) is 10.4. The van der Waals surface area contributed by atoms with E-state index in [-0.39, 0.29) is 24.5 Å². The Morgan fingerprint density at radius 1 is 1.39 bits per heavy atom. The third-order valence-corrected chi connectivity index (χ3v) is 4.22. The fourth-order valence-electron chi connectivity index (χ4n) is 1.48. The van der Waals surface area contributed by atoms with Crippen LogP contribution in [-0.2, 0) is 19.6 Å². The van der Waals surface area contributed by atoms with Crippen LogP contribution in [-0.4, -0.2) is 56.4 Å². The first-order valence-electron chi connectivity index (χ1n) is 5.98. The van der Waals surface area contributed by atoms with Crippen molar-refractivity contribution in [3.63, 3.8) is 0 Å². The third-order valence-electron chi connectivity index (χ3n) is 2.30. The quantitative estimate of drug-likeness (QED) is 0.640. The topological polar surface area (TPSA) is 83.9 Å². The molecule has 0 fully saturated rings. The number of hydrogen-bond donors (Lipinski definition) is 1. The first-order valence-corrected chi connectivity index (χ1v) is 7.59. The molecule has 0 spiro atoms. The van der Waals surface area contributed by atoms with Crippen molar-refractivity contribution in [3.8, 4) is 0 Å². The molecule has 18 heavy (non-hydrogen) atoms. The first-order chi connectivity index (χ1) is 8.29. The van der Waals surface area contributed by atoms with Crippen molar-refractivity contribution in [2.75, 3.05) is 32.6 Å². The van der Waals surface area contributed by atoms with Crippen molar-refractivity contribution < 1.29 is 23.1 Å². The van der Waals surface area contributed by atoms with Gasteiger partial charge in [0.2, 0.25) is 10.0 Å². The molecule has 0 aromatic rings. The molecule has 0 aromatic heterocycles. The van der Waals surface area contributed by atoms with Gasteiger partial charge in [-0.05, 0) is 12.3 Å². The number of nitrogens with zero attached hydrogens (tertiary/aromatic N) is 1. The van der Waals surface area contributed by atoms with Crippen LogP contribution in [0.3, 0.4) is 0 Å². The summed E-state index contributed by atoms with van der Waals surface area (Å²) in [6.45, 7) is 4.95. The minimum absolute atomic E-state index is 0.126.